The smallest absolute Gasteiger partial charge is 0.182 e. The minimum absolute atomic E-state index is 0.918. The molecule has 10 aromatic rings. The third-order valence-corrected chi connectivity index (χ3v) is 16.9. The summed E-state index contributed by atoms with van der Waals surface area (Å²) in [7, 11) is -2.50. The lowest BCUT2D eigenvalue weighted by Gasteiger charge is -2.27. The summed E-state index contributed by atoms with van der Waals surface area (Å²) in [5, 5.41) is 9.24. The summed E-state index contributed by atoms with van der Waals surface area (Å²) >= 11 is 0. The molecule has 55 heavy (non-hydrogen) atoms. The van der Waals surface area contributed by atoms with Crippen LogP contribution >= 0.6 is 0 Å². The van der Waals surface area contributed by atoms with E-state index in [9.17, 15) is 0 Å². The molecule has 0 unspecified atom stereocenters. The van der Waals surface area contributed by atoms with Gasteiger partial charge in [0.25, 0.3) is 0 Å². The number of aromatic nitrogens is 3. The molecule has 2 aliphatic heterocycles. The minimum atomic E-state index is -2.50. The molecule has 0 N–H and O–H groups in total. The number of benzene rings is 7. The maximum atomic E-state index is 5.02. The fourth-order valence-electron chi connectivity index (χ4n) is 9.63. The zero-order valence-electron chi connectivity index (χ0n) is 29.7. The van der Waals surface area contributed by atoms with Crippen LogP contribution in [0.4, 0.5) is 0 Å². The fourth-order valence-corrected chi connectivity index (χ4v) is 15.2. The van der Waals surface area contributed by atoms with Crippen LogP contribution in [0.2, 0.25) is 0 Å². The first-order chi connectivity index (χ1) is 27.3. The molecule has 3 aromatic heterocycles. The molecule has 0 bridgehead atoms. The van der Waals surface area contributed by atoms with Gasteiger partial charge < -0.3 is 0 Å². The van der Waals surface area contributed by atoms with Crippen LogP contribution < -0.4 is 20.7 Å². The Balaban J connectivity index is 1.09. The van der Waals surface area contributed by atoms with Gasteiger partial charge in [-0.1, -0.05) is 127 Å². The predicted molar refractivity (Wildman–Crippen MR) is 230 cm³/mol. The Kier molecular flexibility index (Phi) is 6.36. The lowest BCUT2D eigenvalue weighted by atomic mass is 9.91. The maximum Gasteiger partial charge on any atom is 0.182 e. The first-order valence-corrected chi connectivity index (χ1v) is 20.8. The lowest BCUT2D eigenvalue weighted by molar-refractivity contribution is 1.37. The van der Waals surface area contributed by atoms with Gasteiger partial charge in [0.15, 0.2) is 8.07 Å². The quantitative estimate of drug-likeness (QED) is 0.135. The van der Waals surface area contributed by atoms with Crippen molar-refractivity contribution in [3.8, 4) is 55.6 Å². The van der Waals surface area contributed by atoms with Crippen molar-refractivity contribution >= 4 is 61.5 Å². The number of nitrogens with zero attached hydrogens (tertiary/aromatic N) is 3. The van der Waals surface area contributed by atoms with Crippen LogP contribution in [0, 0.1) is 0 Å². The van der Waals surface area contributed by atoms with Crippen LogP contribution in [0.1, 0.15) is 0 Å². The Morgan fingerprint density at radius 1 is 0.291 bits per heavy atom. The van der Waals surface area contributed by atoms with E-state index in [1.807, 2.05) is 30.7 Å². The summed E-state index contributed by atoms with van der Waals surface area (Å²) in [5.74, 6) is 0. The van der Waals surface area contributed by atoms with Gasteiger partial charge in [-0.05, 0) is 108 Å². The summed E-state index contributed by atoms with van der Waals surface area (Å²) in [5.41, 5.74) is 15.1. The van der Waals surface area contributed by atoms with Gasteiger partial charge in [-0.3, -0.25) is 15.0 Å². The van der Waals surface area contributed by atoms with Gasteiger partial charge in [0.1, 0.15) is 0 Å². The van der Waals surface area contributed by atoms with Gasteiger partial charge in [0.2, 0.25) is 0 Å². The van der Waals surface area contributed by atoms with Crippen LogP contribution in [0.25, 0.3) is 88.3 Å². The summed E-state index contributed by atoms with van der Waals surface area (Å²) in [4.78, 5) is 14.6. The highest BCUT2D eigenvalue weighted by Gasteiger charge is 2.53. The molecule has 0 saturated heterocycles. The number of hydrogen-bond acceptors (Lipinski definition) is 3. The van der Waals surface area contributed by atoms with E-state index in [1.54, 1.807) is 0 Å². The average Bonchev–Trinajstić information content (AvgIpc) is 3.73. The molecule has 5 heterocycles. The predicted octanol–water partition coefficient (Wildman–Crippen LogP) is 9.67. The third-order valence-electron chi connectivity index (χ3n) is 12.0. The second kappa shape index (κ2) is 11.5. The van der Waals surface area contributed by atoms with Crippen molar-refractivity contribution in [3.63, 3.8) is 0 Å². The lowest BCUT2D eigenvalue weighted by Crippen LogP contribution is -2.70. The molecular formula is C51H31N3Si. The Morgan fingerprint density at radius 2 is 0.818 bits per heavy atom. The van der Waals surface area contributed by atoms with Crippen LogP contribution in [0.15, 0.2) is 188 Å². The molecular weight excluding hydrogens is 683 g/mol. The van der Waals surface area contributed by atoms with Gasteiger partial charge in [0.05, 0.1) is 16.6 Å². The molecule has 7 aromatic carbocycles. The van der Waals surface area contributed by atoms with Gasteiger partial charge in [-0.25, -0.2) is 0 Å². The number of hydrogen-bond donors (Lipinski definition) is 0. The van der Waals surface area contributed by atoms with Crippen LogP contribution in [0.3, 0.4) is 0 Å². The highest BCUT2D eigenvalue weighted by atomic mass is 28.3. The van der Waals surface area contributed by atoms with E-state index < -0.39 is 8.07 Å². The Labute approximate surface area is 319 Å². The third kappa shape index (κ3) is 4.28. The van der Waals surface area contributed by atoms with E-state index >= 15 is 0 Å². The van der Waals surface area contributed by atoms with Gasteiger partial charge in [-0.2, -0.15) is 0 Å². The minimum Gasteiger partial charge on any atom is -0.256 e. The molecule has 0 atom stereocenters. The number of pyridine rings is 3. The van der Waals surface area contributed by atoms with Crippen molar-refractivity contribution in [2.24, 2.45) is 0 Å². The molecule has 0 saturated carbocycles. The highest BCUT2D eigenvalue weighted by Crippen LogP contribution is 2.40. The molecule has 0 aliphatic carbocycles. The summed E-state index contributed by atoms with van der Waals surface area (Å²) in [6, 6.07) is 62.9. The number of rotatable bonds is 3. The average molecular weight is 714 g/mol. The van der Waals surface area contributed by atoms with Crippen molar-refractivity contribution in [2.45, 2.75) is 0 Å². The van der Waals surface area contributed by atoms with Crippen molar-refractivity contribution < 1.29 is 0 Å². The molecule has 254 valence electrons. The molecule has 4 heteroatoms. The normalized spacial score (nSPS) is 13.2. The van der Waals surface area contributed by atoms with Gasteiger partial charge in [0, 0.05) is 45.9 Å². The molecule has 1 spiro atoms. The highest BCUT2D eigenvalue weighted by molar-refractivity contribution is 7.24. The summed E-state index contributed by atoms with van der Waals surface area (Å²) in [6.07, 6.45) is 5.73. The zero-order chi connectivity index (χ0) is 36.1. The van der Waals surface area contributed by atoms with Crippen LogP contribution in [-0.2, 0) is 0 Å². The van der Waals surface area contributed by atoms with E-state index in [0.29, 0.717) is 0 Å². The van der Waals surface area contributed by atoms with Crippen molar-refractivity contribution in [1.29, 1.82) is 0 Å². The zero-order valence-corrected chi connectivity index (χ0v) is 30.7. The largest absolute Gasteiger partial charge is 0.256 e. The van der Waals surface area contributed by atoms with Crippen molar-refractivity contribution in [2.75, 3.05) is 0 Å². The second-order valence-electron chi connectivity index (χ2n) is 14.8. The molecule has 3 nitrogen and oxygen atoms in total. The first-order valence-electron chi connectivity index (χ1n) is 18.8. The first kappa shape index (κ1) is 30.4. The van der Waals surface area contributed by atoms with E-state index in [1.165, 1.54) is 48.6 Å². The molecule has 2 aliphatic rings. The maximum absolute atomic E-state index is 5.02. The summed E-state index contributed by atoms with van der Waals surface area (Å²) < 4.78 is 0. The summed E-state index contributed by atoms with van der Waals surface area (Å²) in [6.45, 7) is 0. The van der Waals surface area contributed by atoms with E-state index in [0.717, 1.165) is 60.5 Å². The monoisotopic (exact) mass is 713 g/mol. The molecule has 0 fully saturated rings. The van der Waals surface area contributed by atoms with E-state index in [-0.39, 0.29) is 0 Å². The van der Waals surface area contributed by atoms with Crippen molar-refractivity contribution in [1.82, 2.24) is 15.0 Å². The van der Waals surface area contributed by atoms with E-state index in [2.05, 4.69) is 163 Å². The van der Waals surface area contributed by atoms with Crippen LogP contribution in [0.5, 0.6) is 0 Å². The van der Waals surface area contributed by atoms with E-state index in [4.69, 9.17) is 9.97 Å². The van der Waals surface area contributed by atoms with Crippen LogP contribution in [-0.4, -0.2) is 23.0 Å². The number of fused-ring (bicyclic) bond motifs is 14. The Morgan fingerprint density at radius 3 is 1.55 bits per heavy atom. The molecule has 0 radical (unpaired) electrons. The molecule has 0 amide bonds. The SMILES string of the molecule is c1ccc2c(c1)-c1ccccc1[Si]21c2ccccc2-c2cc(-c3cc(-c4cnc5c(ccc6cccnc65)c4)cc(-c4cccc5cccnc45)c3)ccc21. The van der Waals surface area contributed by atoms with Crippen molar-refractivity contribution in [3.05, 3.63) is 188 Å². The number of para-hydroxylation sites is 1. The van der Waals surface area contributed by atoms with Gasteiger partial charge >= 0.3 is 0 Å². The standard InChI is InChI=1S/C51H31N3Si/c1-4-17-45-41(13-1)42-14-2-5-18-46(42)55(45)47-19-6-3-15-43(47)44-30-34(22-23-48(44)55)36-27-37(29-38(28-36)40-16-7-10-32-11-8-24-52-49(32)40)39-26-35-21-20-33-12-9-25-53-50(33)51(35)54-31-39/h1-31H. The topological polar surface area (TPSA) is 38.7 Å². The molecule has 12 rings (SSSR count). The Bertz CT molecular complexity index is 3190. The fraction of sp³-hybridized carbons (Fsp3) is 0. The second-order valence-corrected chi connectivity index (χ2v) is 18.4. The Hall–Kier alpha value is -7.01. The van der Waals surface area contributed by atoms with Gasteiger partial charge in [-0.15, -0.1) is 0 Å².